The highest BCUT2D eigenvalue weighted by Gasteiger charge is 2.09. The van der Waals surface area contributed by atoms with Crippen LogP contribution in [-0.4, -0.2) is 30.2 Å². The van der Waals surface area contributed by atoms with Crippen molar-refractivity contribution in [3.05, 3.63) is 53.6 Å². The minimum absolute atomic E-state index is 0.234. The number of aliphatic carboxylic acids is 1. The molecule has 6 heteroatoms. The molecule has 0 heterocycles. The number of carbonyl (C=O) groups is 2. The summed E-state index contributed by atoms with van der Waals surface area (Å²) in [7, 11) is 0. The summed E-state index contributed by atoms with van der Waals surface area (Å²) >= 11 is 0. The molecule has 26 heavy (non-hydrogen) atoms. The first-order valence-corrected chi connectivity index (χ1v) is 8.34. The van der Waals surface area contributed by atoms with Gasteiger partial charge in [-0.1, -0.05) is 13.8 Å². The molecular formula is C20H23NO5. The van der Waals surface area contributed by atoms with E-state index in [-0.39, 0.29) is 5.91 Å². The number of ether oxygens (including phenoxy) is 2. The van der Waals surface area contributed by atoms with Crippen LogP contribution in [0.1, 0.15) is 29.8 Å². The van der Waals surface area contributed by atoms with Gasteiger partial charge in [-0.3, -0.25) is 4.79 Å². The van der Waals surface area contributed by atoms with Crippen LogP contribution in [0.2, 0.25) is 0 Å². The van der Waals surface area contributed by atoms with Gasteiger partial charge in [0.1, 0.15) is 11.5 Å². The highest BCUT2D eigenvalue weighted by molar-refractivity contribution is 6.04. The van der Waals surface area contributed by atoms with Crippen LogP contribution in [-0.2, 0) is 4.79 Å². The van der Waals surface area contributed by atoms with Gasteiger partial charge in [0.15, 0.2) is 6.61 Å². The summed E-state index contributed by atoms with van der Waals surface area (Å²) in [5, 5.41) is 11.5. The van der Waals surface area contributed by atoms with Crippen molar-refractivity contribution >= 4 is 17.6 Å². The van der Waals surface area contributed by atoms with Crippen molar-refractivity contribution in [3.63, 3.8) is 0 Å². The molecule has 2 N–H and O–H groups in total. The topological polar surface area (TPSA) is 84.9 Å². The van der Waals surface area contributed by atoms with Crippen molar-refractivity contribution in [2.75, 3.05) is 18.5 Å². The van der Waals surface area contributed by atoms with Crippen molar-refractivity contribution in [3.8, 4) is 11.5 Å². The molecule has 0 fully saturated rings. The van der Waals surface area contributed by atoms with Crippen molar-refractivity contribution in [2.45, 2.75) is 20.8 Å². The van der Waals surface area contributed by atoms with Gasteiger partial charge in [0.2, 0.25) is 0 Å². The van der Waals surface area contributed by atoms with E-state index < -0.39 is 12.6 Å². The summed E-state index contributed by atoms with van der Waals surface area (Å²) in [6.07, 6.45) is 0. The molecule has 0 aromatic heterocycles. The molecule has 2 aromatic rings. The molecule has 0 saturated carbocycles. The fourth-order valence-corrected chi connectivity index (χ4v) is 2.17. The molecule has 0 aliphatic rings. The Balaban J connectivity index is 1.99. The maximum atomic E-state index is 12.4. The van der Waals surface area contributed by atoms with E-state index in [4.69, 9.17) is 14.6 Å². The van der Waals surface area contributed by atoms with Gasteiger partial charge in [0.05, 0.1) is 6.61 Å². The van der Waals surface area contributed by atoms with Gasteiger partial charge in [-0.05, 0) is 60.9 Å². The minimum atomic E-state index is -1.04. The van der Waals surface area contributed by atoms with Gasteiger partial charge >= 0.3 is 5.97 Å². The van der Waals surface area contributed by atoms with Gasteiger partial charge in [0.25, 0.3) is 5.91 Å². The van der Waals surface area contributed by atoms with Crippen LogP contribution in [0.25, 0.3) is 0 Å². The maximum absolute atomic E-state index is 12.4. The second-order valence-electron chi connectivity index (χ2n) is 6.34. The Labute approximate surface area is 152 Å². The lowest BCUT2D eigenvalue weighted by atomic mass is 10.1. The van der Waals surface area contributed by atoms with Crippen LogP contribution in [0.15, 0.2) is 42.5 Å². The van der Waals surface area contributed by atoms with E-state index in [1.54, 1.807) is 42.5 Å². The standard InChI is InChI=1S/C20H23NO5/c1-13(2)11-25-16-6-4-15(5-7-16)20(24)21-18-9-8-17(10-14(18)3)26-12-19(22)23/h4-10,13H,11-12H2,1-3H3,(H,21,24)(H,22,23). The predicted molar refractivity (Wildman–Crippen MR) is 99.0 cm³/mol. The average molecular weight is 357 g/mol. The lowest BCUT2D eigenvalue weighted by Gasteiger charge is -2.12. The molecule has 0 radical (unpaired) electrons. The number of benzene rings is 2. The number of aryl methyl sites for hydroxylation is 1. The highest BCUT2D eigenvalue weighted by Crippen LogP contribution is 2.22. The summed E-state index contributed by atoms with van der Waals surface area (Å²) in [6, 6.07) is 12.0. The molecular weight excluding hydrogens is 334 g/mol. The largest absolute Gasteiger partial charge is 0.493 e. The van der Waals surface area contributed by atoms with Gasteiger partial charge < -0.3 is 19.9 Å². The van der Waals surface area contributed by atoms with Crippen molar-refractivity contribution in [2.24, 2.45) is 5.92 Å². The Morgan fingerprint density at radius 2 is 1.69 bits per heavy atom. The molecule has 0 saturated heterocycles. The number of carboxylic acid groups (broad SMARTS) is 1. The number of hydrogen-bond donors (Lipinski definition) is 2. The zero-order valence-electron chi connectivity index (χ0n) is 15.1. The Bertz CT molecular complexity index is 768. The number of carbonyl (C=O) groups excluding carboxylic acids is 1. The number of rotatable bonds is 8. The van der Waals surface area contributed by atoms with Gasteiger partial charge in [-0.25, -0.2) is 4.79 Å². The summed E-state index contributed by atoms with van der Waals surface area (Å²) in [5.74, 6) is 0.327. The fraction of sp³-hybridized carbons (Fsp3) is 0.300. The molecule has 6 nitrogen and oxygen atoms in total. The molecule has 0 aliphatic heterocycles. The second kappa shape index (κ2) is 8.89. The third-order valence-corrected chi connectivity index (χ3v) is 3.51. The summed E-state index contributed by atoms with van der Waals surface area (Å²) in [4.78, 5) is 22.9. The number of nitrogens with one attached hydrogen (secondary N) is 1. The molecule has 2 rings (SSSR count). The minimum Gasteiger partial charge on any atom is -0.493 e. The van der Waals surface area contributed by atoms with Crippen LogP contribution in [0.3, 0.4) is 0 Å². The number of hydrogen-bond acceptors (Lipinski definition) is 4. The molecule has 1 amide bonds. The van der Waals surface area contributed by atoms with Crippen molar-refractivity contribution in [1.29, 1.82) is 0 Å². The summed E-state index contributed by atoms with van der Waals surface area (Å²) < 4.78 is 10.7. The second-order valence-corrected chi connectivity index (χ2v) is 6.34. The fourth-order valence-electron chi connectivity index (χ4n) is 2.17. The smallest absolute Gasteiger partial charge is 0.341 e. The van der Waals surface area contributed by atoms with E-state index in [0.717, 1.165) is 11.3 Å². The first-order chi connectivity index (χ1) is 12.3. The quantitative estimate of drug-likeness (QED) is 0.752. The highest BCUT2D eigenvalue weighted by atomic mass is 16.5. The first kappa shape index (κ1) is 19.3. The van der Waals surface area contributed by atoms with Crippen molar-refractivity contribution < 1.29 is 24.2 Å². The predicted octanol–water partition coefficient (Wildman–Crippen LogP) is 3.75. The molecule has 0 atom stereocenters. The number of amides is 1. The van der Waals surface area contributed by atoms with Crippen LogP contribution in [0.4, 0.5) is 5.69 Å². The van der Waals surface area contributed by atoms with Gasteiger partial charge in [-0.15, -0.1) is 0 Å². The Kier molecular flexibility index (Phi) is 6.60. The zero-order valence-corrected chi connectivity index (χ0v) is 15.1. The summed E-state index contributed by atoms with van der Waals surface area (Å²) in [5.41, 5.74) is 1.93. The van der Waals surface area contributed by atoms with E-state index >= 15 is 0 Å². The molecule has 138 valence electrons. The van der Waals surface area contributed by atoms with E-state index in [0.29, 0.717) is 29.5 Å². The third kappa shape index (κ3) is 5.81. The van der Waals surface area contributed by atoms with E-state index in [9.17, 15) is 9.59 Å². The van der Waals surface area contributed by atoms with Crippen LogP contribution >= 0.6 is 0 Å². The van der Waals surface area contributed by atoms with Gasteiger partial charge in [0, 0.05) is 11.3 Å². The lowest BCUT2D eigenvalue weighted by molar-refractivity contribution is -0.139. The lowest BCUT2D eigenvalue weighted by Crippen LogP contribution is -2.13. The molecule has 0 aliphatic carbocycles. The molecule has 0 spiro atoms. The first-order valence-electron chi connectivity index (χ1n) is 8.34. The Hall–Kier alpha value is -3.02. The monoisotopic (exact) mass is 357 g/mol. The average Bonchev–Trinajstić information content (AvgIpc) is 2.60. The van der Waals surface area contributed by atoms with Crippen molar-refractivity contribution in [1.82, 2.24) is 0 Å². The zero-order chi connectivity index (χ0) is 19.1. The third-order valence-electron chi connectivity index (χ3n) is 3.51. The molecule has 2 aromatic carbocycles. The van der Waals surface area contributed by atoms with Gasteiger partial charge in [-0.2, -0.15) is 0 Å². The Morgan fingerprint density at radius 3 is 2.27 bits per heavy atom. The molecule has 0 bridgehead atoms. The van der Waals surface area contributed by atoms with E-state index in [2.05, 4.69) is 19.2 Å². The number of anilines is 1. The van der Waals surface area contributed by atoms with E-state index in [1.807, 2.05) is 6.92 Å². The summed E-state index contributed by atoms with van der Waals surface area (Å²) in [6.45, 7) is 6.17. The van der Waals surface area contributed by atoms with Crippen LogP contribution in [0.5, 0.6) is 11.5 Å². The van der Waals surface area contributed by atoms with E-state index in [1.165, 1.54) is 0 Å². The SMILES string of the molecule is Cc1cc(OCC(=O)O)ccc1NC(=O)c1ccc(OCC(C)C)cc1. The van der Waals surface area contributed by atoms with Crippen LogP contribution < -0.4 is 14.8 Å². The molecule has 0 unspecified atom stereocenters. The number of carboxylic acids is 1. The normalized spacial score (nSPS) is 10.5. The Morgan fingerprint density at radius 1 is 1.04 bits per heavy atom. The maximum Gasteiger partial charge on any atom is 0.341 e. The van der Waals surface area contributed by atoms with Crippen LogP contribution in [0, 0.1) is 12.8 Å².